The van der Waals surface area contributed by atoms with Crippen molar-refractivity contribution in [2.45, 2.75) is 12.8 Å². The number of nitriles is 1. The van der Waals surface area contributed by atoms with E-state index in [4.69, 9.17) is 5.26 Å². The molecule has 0 spiro atoms. The van der Waals surface area contributed by atoms with E-state index in [0.29, 0.717) is 0 Å². The second kappa shape index (κ2) is 5.16. The van der Waals surface area contributed by atoms with E-state index < -0.39 is 12.4 Å². The van der Waals surface area contributed by atoms with Crippen molar-refractivity contribution in [3.8, 4) is 6.07 Å². The number of esters is 1. The van der Waals surface area contributed by atoms with Crippen LogP contribution >= 0.6 is 0 Å². The van der Waals surface area contributed by atoms with Gasteiger partial charge in [-0.1, -0.05) is 0 Å². The Morgan fingerprint density at radius 3 is 2.88 bits per heavy atom. The number of rotatable bonds is 3. The Balaban J connectivity index is 3.21. The summed E-state index contributed by atoms with van der Waals surface area (Å²) in [5, 5.41) is 8.70. The fourth-order valence-corrected chi connectivity index (χ4v) is 1.21. The first-order valence-corrected chi connectivity index (χ1v) is 4.33. The number of alkyl halides is 2. The van der Waals surface area contributed by atoms with Gasteiger partial charge in [0.05, 0.1) is 13.5 Å². The predicted molar refractivity (Wildman–Crippen MR) is 49.6 cm³/mol. The second-order valence-electron chi connectivity index (χ2n) is 2.89. The molecule has 1 aromatic rings. The number of nitrogens with zero attached hydrogens (tertiary/aromatic N) is 2. The van der Waals surface area contributed by atoms with Crippen molar-refractivity contribution >= 4 is 5.97 Å². The number of carbonyl (C=O) groups excluding carboxylic acids is 1. The fourth-order valence-electron chi connectivity index (χ4n) is 1.21. The Labute approximate surface area is 90.5 Å². The van der Waals surface area contributed by atoms with E-state index in [1.165, 1.54) is 0 Å². The summed E-state index contributed by atoms with van der Waals surface area (Å²) < 4.78 is 29.6. The summed E-state index contributed by atoms with van der Waals surface area (Å²) in [6.45, 7) is 0. The third-order valence-corrected chi connectivity index (χ3v) is 1.98. The predicted octanol–water partition coefficient (Wildman–Crippen LogP) is 1.61. The van der Waals surface area contributed by atoms with E-state index >= 15 is 0 Å². The molecule has 0 aliphatic heterocycles. The van der Waals surface area contributed by atoms with Gasteiger partial charge >= 0.3 is 5.97 Å². The van der Waals surface area contributed by atoms with Gasteiger partial charge in [-0.2, -0.15) is 5.26 Å². The zero-order chi connectivity index (χ0) is 12.1. The molecule has 0 aliphatic rings. The minimum absolute atomic E-state index is 0.0770. The number of hydrogen-bond donors (Lipinski definition) is 0. The number of aromatic nitrogens is 1. The van der Waals surface area contributed by atoms with Crippen LogP contribution in [0.2, 0.25) is 0 Å². The molecular formula is C10H8F2N2O2. The molecule has 0 saturated carbocycles. The van der Waals surface area contributed by atoms with E-state index in [-0.39, 0.29) is 23.2 Å². The first-order chi connectivity index (χ1) is 7.60. The number of methoxy groups -OCH3 is 1. The molecule has 0 radical (unpaired) electrons. The molecule has 0 fully saturated rings. The lowest BCUT2D eigenvalue weighted by molar-refractivity contribution is -0.139. The molecule has 1 heterocycles. The Bertz CT molecular complexity index is 441. The Hall–Kier alpha value is -2.03. The molecule has 0 bridgehead atoms. The van der Waals surface area contributed by atoms with Crippen LogP contribution in [0.15, 0.2) is 12.3 Å². The summed E-state index contributed by atoms with van der Waals surface area (Å²) in [5.41, 5.74) is -0.619. The van der Waals surface area contributed by atoms with E-state index in [1.54, 1.807) is 6.07 Å². The quantitative estimate of drug-likeness (QED) is 0.734. The Kier molecular flexibility index (Phi) is 3.89. The van der Waals surface area contributed by atoms with Gasteiger partial charge in [0, 0.05) is 17.3 Å². The molecule has 6 heteroatoms. The molecule has 1 rings (SSSR count). The minimum Gasteiger partial charge on any atom is -0.469 e. The monoisotopic (exact) mass is 226 g/mol. The molecule has 4 nitrogen and oxygen atoms in total. The van der Waals surface area contributed by atoms with Gasteiger partial charge in [0.15, 0.2) is 0 Å². The zero-order valence-corrected chi connectivity index (χ0v) is 8.41. The van der Waals surface area contributed by atoms with Crippen molar-refractivity contribution in [3.63, 3.8) is 0 Å². The first kappa shape index (κ1) is 12.0. The fraction of sp³-hybridized carbons (Fsp3) is 0.300. The lowest BCUT2D eigenvalue weighted by Gasteiger charge is -2.08. The van der Waals surface area contributed by atoms with Gasteiger partial charge < -0.3 is 4.74 Å². The lowest BCUT2D eigenvalue weighted by atomic mass is 10.0. The van der Waals surface area contributed by atoms with Crippen LogP contribution in [0, 0.1) is 11.3 Å². The molecular weight excluding hydrogens is 218 g/mol. The molecule has 0 saturated heterocycles. The van der Waals surface area contributed by atoms with E-state index in [0.717, 1.165) is 19.4 Å². The molecule has 0 aliphatic carbocycles. The lowest BCUT2D eigenvalue weighted by Crippen LogP contribution is -2.10. The number of carbonyl (C=O) groups is 1. The molecule has 0 atom stereocenters. The normalized spacial score (nSPS) is 9.94. The van der Waals surface area contributed by atoms with E-state index in [9.17, 15) is 13.6 Å². The molecule has 84 valence electrons. The Morgan fingerprint density at radius 1 is 1.69 bits per heavy atom. The van der Waals surface area contributed by atoms with Gasteiger partial charge in [0.25, 0.3) is 6.43 Å². The van der Waals surface area contributed by atoms with Crippen molar-refractivity contribution in [3.05, 3.63) is 29.1 Å². The highest BCUT2D eigenvalue weighted by Crippen LogP contribution is 2.24. The summed E-state index contributed by atoms with van der Waals surface area (Å²) in [4.78, 5) is 14.6. The molecule has 0 amide bonds. The van der Waals surface area contributed by atoms with Crippen molar-refractivity contribution in [1.29, 1.82) is 5.26 Å². The van der Waals surface area contributed by atoms with Gasteiger partial charge in [0.1, 0.15) is 11.8 Å². The SMILES string of the molecule is COC(=O)Cc1c(C(F)F)ccnc1C#N. The number of halogens is 2. The topological polar surface area (TPSA) is 63.0 Å². The van der Waals surface area contributed by atoms with Crippen molar-refractivity contribution in [2.75, 3.05) is 7.11 Å². The highest BCUT2D eigenvalue weighted by atomic mass is 19.3. The van der Waals surface area contributed by atoms with Crippen LogP contribution in [0.5, 0.6) is 0 Å². The average molecular weight is 226 g/mol. The zero-order valence-electron chi connectivity index (χ0n) is 8.41. The molecule has 0 aromatic carbocycles. The van der Waals surface area contributed by atoms with Crippen molar-refractivity contribution < 1.29 is 18.3 Å². The average Bonchev–Trinajstić information content (AvgIpc) is 2.28. The second-order valence-corrected chi connectivity index (χ2v) is 2.89. The van der Waals surface area contributed by atoms with Crippen LogP contribution in [0.1, 0.15) is 23.2 Å². The highest BCUT2D eigenvalue weighted by Gasteiger charge is 2.19. The first-order valence-electron chi connectivity index (χ1n) is 4.33. The number of ether oxygens (including phenoxy) is 1. The Morgan fingerprint density at radius 2 is 2.38 bits per heavy atom. The van der Waals surface area contributed by atoms with Crippen LogP contribution in [-0.2, 0) is 16.0 Å². The largest absolute Gasteiger partial charge is 0.469 e. The number of pyridine rings is 1. The van der Waals surface area contributed by atoms with Gasteiger partial charge in [-0.15, -0.1) is 0 Å². The smallest absolute Gasteiger partial charge is 0.310 e. The molecule has 16 heavy (non-hydrogen) atoms. The van der Waals surface area contributed by atoms with Crippen LogP contribution in [0.25, 0.3) is 0 Å². The summed E-state index contributed by atoms with van der Waals surface area (Å²) in [7, 11) is 1.15. The maximum Gasteiger partial charge on any atom is 0.310 e. The van der Waals surface area contributed by atoms with E-state index in [2.05, 4.69) is 9.72 Å². The molecule has 1 aromatic heterocycles. The summed E-state index contributed by atoms with van der Waals surface area (Å²) >= 11 is 0. The van der Waals surface area contributed by atoms with E-state index in [1.807, 2.05) is 0 Å². The standard InChI is InChI=1S/C10H8F2N2O2/c1-16-9(15)4-7-6(10(11)12)2-3-14-8(7)5-13/h2-3,10H,4H2,1H3. The van der Waals surface area contributed by atoms with Gasteiger partial charge in [-0.3, -0.25) is 4.79 Å². The van der Waals surface area contributed by atoms with Gasteiger partial charge in [0.2, 0.25) is 0 Å². The minimum atomic E-state index is -2.75. The maximum absolute atomic E-state index is 12.6. The summed E-state index contributed by atoms with van der Waals surface area (Å²) in [6.07, 6.45) is -2.02. The summed E-state index contributed by atoms with van der Waals surface area (Å²) in [6, 6.07) is 2.76. The van der Waals surface area contributed by atoms with Gasteiger partial charge in [-0.25, -0.2) is 13.8 Å². The van der Waals surface area contributed by atoms with Crippen LogP contribution in [0.3, 0.4) is 0 Å². The van der Waals surface area contributed by atoms with Crippen LogP contribution in [-0.4, -0.2) is 18.1 Å². The highest BCUT2D eigenvalue weighted by molar-refractivity contribution is 5.73. The van der Waals surface area contributed by atoms with Gasteiger partial charge in [-0.05, 0) is 6.07 Å². The third-order valence-electron chi connectivity index (χ3n) is 1.98. The molecule has 0 unspecified atom stereocenters. The molecule has 0 N–H and O–H groups in total. The van der Waals surface area contributed by atoms with Crippen molar-refractivity contribution in [1.82, 2.24) is 4.98 Å². The third kappa shape index (κ3) is 2.51. The van der Waals surface area contributed by atoms with Crippen molar-refractivity contribution in [2.24, 2.45) is 0 Å². The van der Waals surface area contributed by atoms with Crippen LogP contribution in [0.4, 0.5) is 8.78 Å². The summed E-state index contributed by atoms with van der Waals surface area (Å²) in [5.74, 6) is -0.689. The van der Waals surface area contributed by atoms with Crippen LogP contribution < -0.4 is 0 Å². The maximum atomic E-state index is 12.6. The number of hydrogen-bond acceptors (Lipinski definition) is 4.